The molecule has 0 bridgehead atoms. The van der Waals surface area contributed by atoms with Gasteiger partial charge < -0.3 is 18.9 Å². The molecule has 0 aromatic rings. The Hall–Kier alpha value is -4.89. The lowest BCUT2D eigenvalue weighted by Crippen LogP contribution is -2.37. The molecular formula is C82H135NO8P+. The minimum Gasteiger partial charge on any atom is -0.462 e. The van der Waals surface area contributed by atoms with E-state index in [9.17, 15) is 19.0 Å². The van der Waals surface area contributed by atoms with Crippen molar-refractivity contribution in [3.05, 3.63) is 182 Å². The Morgan fingerprint density at radius 1 is 0.337 bits per heavy atom. The van der Waals surface area contributed by atoms with Crippen molar-refractivity contribution in [2.75, 3.05) is 47.5 Å². The number of hydrogen-bond acceptors (Lipinski definition) is 7. The Morgan fingerprint density at radius 3 is 0.870 bits per heavy atom. The van der Waals surface area contributed by atoms with Crippen LogP contribution in [0.15, 0.2) is 182 Å². The molecule has 0 radical (unpaired) electrons. The topological polar surface area (TPSA) is 108 Å². The maximum atomic E-state index is 12.9. The maximum Gasteiger partial charge on any atom is 0.472 e. The molecule has 0 fully saturated rings. The second kappa shape index (κ2) is 70.4. The Balaban J connectivity index is 4.14. The van der Waals surface area contributed by atoms with Crippen LogP contribution in [0.1, 0.15) is 271 Å². The number of likely N-dealkylation sites (N-methyl/N-ethyl adjacent to an activating group) is 1. The molecule has 0 heterocycles. The number of unbranched alkanes of at least 4 members (excludes halogenated alkanes) is 21. The van der Waals surface area contributed by atoms with Crippen LogP contribution < -0.4 is 0 Å². The predicted molar refractivity (Wildman–Crippen MR) is 399 cm³/mol. The van der Waals surface area contributed by atoms with Gasteiger partial charge in [-0.1, -0.05) is 305 Å². The van der Waals surface area contributed by atoms with E-state index in [0.717, 1.165) is 141 Å². The second-order valence-electron chi connectivity index (χ2n) is 24.9. The fourth-order valence-electron chi connectivity index (χ4n) is 9.42. The number of quaternary nitrogens is 1. The summed E-state index contributed by atoms with van der Waals surface area (Å²) in [5.41, 5.74) is 0. The molecule has 0 aromatic carbocycles. The van der Waals surface area contributed by atoms with E-state index in [1.165, 1.54) is 96.3 Å². The molecule has 0 spiro atoms. The van der Waals surface area contributed by atoms with Gasteiger partial charge in [-0.3, -0.25) is 18.6 Å². The van der Waals surface area contributed by atoms with Crippen molar-refractivity contribution < 1.29 is 42.1 Å². The maximum absolute atomic E-state index is 12.9. The summed E-state index contributed by atoms with van der Waals surface area (Å²) in [4.78, 5) is 35.9. The van der Waals surface area contributed by atoms with E-state index >= 15 is 0 Å². The molecule has 2 atom stereocenters. The quantitative estimate of drug-likeness (QED) is 0.0211. The van der Waals surface area contributed by atoms with E-state index in [0.29, 0.717) is 17.4 Å². The minimum atomic E-state index is -4.41. The Kier molecular flexibility index (Phi) is 66.7. The molecule has 520 valence electrons. The van der Waals surface area contributed by atoms with Gasteiger partial charge in [0, 0.05) is 12.8 Å². The van der Waals surface area contributed by atoms with Gasteiger partial charge in [-0.05, 0) is 135 Å². The SMILES string of the molecule is CC/C=C\C/C=C\C/C=C\C/C=C\C/C=C\C/C=C\C/C=C\C/C=C\C/C=C\C/C=C\CCCCCCC(=O)OC(COC(=O)CCCCCCCCCCCCCCCCCCC/C=C\C/C=C\C/C=C\C/C=C\C/C=C\CC)COP(=O)(O)OCC[N+](C)(C)C. The van der Waals surface area contributed by atoms with Gasteiger partial charge in [0.1, 0.15) is 19.8 Å². The number of ether oxygens (including phenoxy) is 2. The molecule has 2 unspecified atom stereocenters. The highest BCUT2D eigenvalue weighted by molar-refractivity contribution is 7.47. The zero-order valence-corrected chi connectivity index (χ0v) is 60.1. The molecule has 10 heteroatoms. The fourth-order valence-corrected chi connectivity index (χ4v) is 10.2. The van der Waals surface area contributed by atoms with Crippen molar-refractivity contribution in [2.24, 2.45) is 0 Å². The van der Waals surface area contributed by atoms with Gasteiger partial charge in [-0.25, -0.2) is 4.57 Å². The molecular weight excluding hydrogens is 1160 g/mol. The average molecular weight is 1290 g/mol. The first kappa shape index (κ1) is 87.1. The Morgan fingerprint density at radius 2 is 0.587 bits per heavy atom. The van der Waals surface area contributed by atoms with E-state index in [2.05, 4.69) is 196 Å². The molecule has 9 nitrogen and oxygen atoms in total. The van der Waals surface area contributed by atoms with E-state index in [-0.39, 0.29) is 32.0 Å². The van der Waals surface area contributed by atoms with Crippen molar-refractivity contribution in [3.8, 4) is 0 Å². The number of carbonyl (C=O) groups is 2. The number of nitrogens with zero attached hydrogens (tertiary/aromatic N) is 1. The van der Waals surface area contributed by atoms with Crippen molar-refractivity contribution in [1.82, 2.24) is 0 Å². The molecule has 0 aliphatic rings. The van der Waals surface area contributed by atoms with Gasteiger partial charge >= 0.3 is 19.8 Å². The number of allylic oxidation sites excluding steroid dienone is 30. The standard InChI is InChI=1S/C82H134NO8P/c1-6-8-10-12-14-16-18-20-22-24-26-28-30-32-34-36-38-40-41-43-45-47-49-51-53-55-57-59-61-63-65-67-69-71-73-75-82(85)91-80(79-90-92(86,87)89-77-76-83(3,4)5)78-88-81(84)74-72-70-68-66-64-62-60-58-56-54-52-50-48-46-44-42-39-37-35-33-31-29-27-25-23-21-19-17-15-13-11-9-7-2/h8-11,14-17,20-23,26-29,32-35,38,40,43,45,49,51,55,57,61,63,80H,6-7,12-13,18-19,24-25,30-31,36-37,39,41-42,44,46-48,50,52-54,56,58-60,62,64-79H2,1-5H3/p+1/b10-8-,11-9-,16-14-,17-15-,22-20-,23-21-,28-26-,29-27-,34-32-,35-33-,40-38-,45-43-,51-49-,57-55-,63-61-. The Bertz CT molecular complexity index is 2210. The molecule has 1 N–H and O–H groups in total. The minimum absolute atomic E-state index is 0.0176. The van der Waals surface area contributed by atoms with Crippen molar-refractivity contribution >= 4 is 19.8 Å². The normalized spacial score (nSPS) is 14.2. The third kappa shape index (κ3) is 74.2. The number of hydrogen-bond donors (Lipinski definition) is 1. The monoisotopic (exact) mass is 1290 g/mol. The number of carbonyl (C=O) groups excluding carboxylic acids is 2. The molecule has 0 rings (SSSR count). The molecule has 0 saturated carbocycles. The number of phosphoric acid groups is 1. The van der Waals surface area contributed by atoms with E-state index < -0.39 is 26.5 Å². The van der Waals surface area contributed by atoms with Gasteiger partial charge in [0.15, 0.2) is 6.10 Å². The van der Waals surface area contributed by atoms with Gasteiger partial charge in [-0.2, -0.15) is 0 Å². The lowest BCUT2D eigenvalue weighted by atomic mass is 10.0. The summed E-state index contributed by atoms with van der Waals surface area (Å²) in [6.07, 6.45) is 109. The third-order valence-corrected chi connectivity index (χ3v) is 15.9. The van der Waals surface area contributed by atoms with Crippen LogP contribution in [-0.4, -0.2) is 74.9 Å². The van der Waals surface area contributed by atoms with Gasteiger partial charge in [0.2, 0.25) is 0 Å². The summed E-state index contributed by atoms with van der Waals surface area (Å²) < 4.78 is 34.7. The van der Waals surface area contributed by atoms with Crippen LogP contribution in [0, 0.1) is 0 Å². The molecule has 0 aromatic heterocycles. The summed E-state index contributed by atoms with van der Waals surface area (Å²) >= 11 is 0. The van der Waals surface area contributed by atoms with Gasteiger partial charge in [-0.15, -0.1) is 0 Å². The summed E-state index contributed by atoms with van der Waals surface area (Å²) in [5, 5.41) is 0. The smallest absolute Gasteiger partial charge is 0.462 e. The number of rotatable bonds is 65. The molecule has 0 amide bonds. The average Bonchev–Trinajstić information content (AvgIpc) is 2.14. The van der Waals surface area contributed by atoms with Crippen LogP contribution in [-0.2, 0) is 32.7 Å². The summed E-state index contributed by atoms with van der Waals surface area (Å²) in [7, 11) is 1.44. The van der Waals surface area contributed by atoms with Crippen LogP contribution in [0.2, 0.25) is 0 Å². The number of esters is 2. The molecule has 0 aliphatic carbocycles. The Labute approximate surface area is 565 Å². The fraction of sp³-hybridized carbons (Fsp3) is 0.610. The summed E-state index contributed by atoms with van der Waals surface area (Å²) in [5.74, 6) is -0.833. The first-order chi connectivity index (χ1) is 45.0. The third-order valence-electron chi connectivity index (χ3n) is 14.9. The van der Waals surface area contributed by atoms with Gasteiger partial charge in [0.05, 0.1) is 27.7 Å². The van der Waals surface area contributed by atoms with E-state index in [1.807, 2.05) is 21.1 Å². The molecule has 0 saturated heterocycles. The first-order valence-corrected chi connectivity index (χ1v) is 38.0. The van der Waals surface area contributed by atoms with E-state index in [1.54, 1.807) is 0 Å². The van der Waals surface area contributed by atoms with Gasteiger partial charge in [0.25, 0.3) is 0 Å². The summed E-state index contributed by atoms with van der Waals surface area (Å²) in [6, 6.07) is 0. The van der Waals surface area contributed by atoms with Crippen LogP contribution in [0.25, 0.3) is 0 Å². The lowest BCUT2D eigenvalue weighted by Gasteiger charge is -2.24. The predicted octanol–water partition coefficient (Wildman–Crippen LogP) is 24.3. The number of phosphoric ester groups is 1. The highest BCUT2D eigenvalue weighted by Gasteiger charge is 2.27. The van der Waals surface area contributed by atoms with Crippen LogP contribution in [0.3, 0.4) is 0 Å². The highest BCUT2D eigenvalue weighted by Crippen LogP contribution is 2.43. The van der Waals surface area contributed by atoms with Crippen LogP contribution in [0.4, 0.5) is 0 Å². The second-order valence-corrected chi connectivity index (χ2v) is 26.3. The zero-order chi connectivity index (χ0) is 66.9. The summed E-state index contributed by atoms with van der Waals surface area (Å²) in [6.45, 7) is 4.17. The van der Waals surface area contributed by atoms with E-state index in [4.69, 9.17) is 18.5 Å². The van der Waals surface area contributed by atoms with Crippen molar-refractivity contribution in [1.29, 1.82) is 0 Å². The van der Waals surface area contributed by atoms with Crippen molar-refractivity contribution in [3.63, 3.8) is 0 Å². The zero-order valence-electron chi connectivity index (χ0n) is 59.2. The van der Waals surface area contributed by atoms with Crippen LogP contribution >= 0.6 is 7.82 Å². The molecule has 0 aliphatic heterocycles. The molecule has 92 heavy (non-hydrogen) atoms. The van der Waals surface area contributed by atoms with Crippen LogP contribution in [0.5, 0.6) is 0 Å². The lowest BCUT2D eigenvalue weighted by molar-refractivity contribution is -0.870. The first-order valence-electron chi connectivity index (χ1n) is 36.5. The van der Waals surface area contributed by atoms with Crippen molar-refractivity contribution in [2.45, 2.75) is 277 Å². The largest absolute Gasteiger partial charge is 0.472 e. The highest BCUT2D eigenvalue weighted by atomic mass is 31.2.